The molecule has 20 heavy (non-hydrogen) atoms. The van der Waals surface area contributed by atoms with E-state index in [0.29, 0.717) is 12.2 Å². The summed E-state index contributed by atoms with van der Waals surface area (Å²) in [7, 11) is 0. The number of carboxylic acids is 1. The molecule has 0 fully saturated rings. The van der Waals surface area contributed by atoms with Gasteiger partial charge in [0.1, 0.15) is 12.4 Å². The first kappa shape index (κ1) is 13.9. The van der Waals surface area contributed by atoms with Crippen molar-refractivity contribution in [1.29, 1.82) is 0 Å². The van der Waals surface area contributed by atoms with Crippen molar-refractivity contribution in [3.05, 3.63) is 71.3 Å². The zero-order chi connectivity index (χ0) is 14.4. The van der Waals surface area contributed by atoms with Gasteiger partial charge in [0.25, 0.3) is 0 Å². The van der Waals surface area contributed by atoms with Crippen LogP contribution in [0.4, 0.5) is 0 Å². The van der Waals surface area contributed by atoms with Gasteiger partial charge in [-0.1, -0.05) is 42.5 Å². The lowest BCUT2D eigenvalue weighted by atomic mass is 10.1. The molecule has 3 nitrogen and oxygen atoms in total. The largest absolute Gasteiger partial charge is 0.489 e. The van der Waals surface area contributed by atoms with E-state index in [9.17, 15) is 4.79 Å². The van der Waals surface area contributed by atoms with Gasteiger partial charge in [0.2, 0.25) is 0 Å². The lowest BCUT2D eigenvalue weighted by Gasteiger charge is -2.10. The van der Waals surface area contributed by atoms with Crippen LogP contribution in [-0.2, 0) is 0 Å². The number of rotatable bonds is 1. The van der Waals surface area contributed by atoms with Crippen LogP contribution in [-0.4, -0.2) is 17.7 Å². The highest BCUT2D eigenvalue weighted by Gasteiger charge is 2.03. The van der Waals surface area contributed by atoms with Gasteiger partial charge in [-0.15, -0.1) is 0 Å². The van der Waals surface area contributed by atoms with E-state index < -0.39 is 5.97 Å². The van der Waals surface area contributed by atoms with Gasteiger partial charge in [-0.25, -0.2) is 4.79 Å². The molecule has 1 heterocycles. The van der Waals surface area contributed by atoms with Gasteiger partial charge >= 0.3 is 5.97 Å². The number of carboxylic acid groups (broad SMARTS) is 1. The second-order valence-corrected chi connectivity index (χ2v) is 4.37. The molecule has 0 saturated carbocycles. The second kappa shape index (κ2) is 6.57. The zero-order valence-corrected chi connectivity index (χ0v) is 11.2. The van der Waals surface area contributed by atoms with Crippen LogP contribution in [0.5, 0.6) is 5.75 Å². The van der Waals surface area contributed by atoms with Crippen LogP contribution in [0.1, 0.15) is 21.5 Å². The molecule has 1 N–H and O–H groups in total. The van der Waals surface area contributed by atoms with Crippen molar-refractivity contribution in [3.8, 4) is 5.75 Å². The highest BCUT2D eigenvalue weighted by atomic mass is 16.5. The van der Waals surface area contributed by atoms with Crippen molar-refractivity contribution in [2.45, 2.75) is 6.92 Å². The molecule has 2 aromatic rings. The molecular formula is C17H16O3. The van der Waals surface area contributed by atoms with Crippen LogP contribution >= 0.6 is 0 Å². The number of hydrogen-bond acceptors (Lipinski definition) is 2. The number of fused-ring (bicyclic) bond motifs is 1. The van der Waals surface area contributed by atoms with E-state index in [-0.39, 0.29) is 0 Å². The Labute approximate surface area is 118 Å². The van der Waals surface area contributed by atoms with Gasteiger partial charge < -0.3 is 9.84 Å². The number of aromatic carboxylic acids is 1. The quantitative estimate of drug-likeness (QED) is 0.856. The Kier molecular flexibility index (Phi) is 4.56. The minimum Gasteiger partial charge on any atom is -0.489 e. The van der Waals surface area contributed by atoms with Crippen molar-refractivity contribution in [1.82, 2.24) is 0 Å². The maximum absolute atomic E-state index is 10.4. The van der Waals surface area contributed by atoms with Gasteiger partial charge in [0.15, 0.2) is 0 Å². The van der Waals surface area contributed by atoms with Crippen molar-refractivity contribution in [2.75, 3.05) is 6.61 Å². The molecule has 3 rings (SSSR count). The van der Waals surface area contributed by atoms with Crippen molar-refractivity contribution in [3.63, 3.8) is 0 Å². The van der Waals surface area contributed by atoms with Gasteiger partial charge in [-0.2, -0.15) is 0 Å². The van der Waals surface area contributed by atoms with E-state index in [0.717, 1.165) is 11.3 Å². The Morgan fingerprint density at radius 2 is 1.80 bits per heavy atom. The number of para-hydroxylation sites is 1. The lowest BCUT2D eigenvalue weighted by molar-refractivity contribution is 0.0696. The van der Waals surface area contributed by atoms with Crippen molar-refractivity contribution < 1.29 is 14.6 Å². The standard InChI is InChI=1S/C9H8O.C8H8O2/c1-2-6-9-8(4-1)5-3-7-10-9;1-6-4-2-3-5-7(6)8(9)10/h1-6H,7H2;2-5H,1H3,(H,9,10). The fraction of sp³-hybridized carbons (Fsp3) is 0.118. The highest BCUT2D eigenvalue weighted by Crippen LogP contribution is 2.21. The maximum atomic E-state index is 10.4. The molecule has 0 saturated heterocycles. The molecule has 0 atom stereocenters. The summed E-state index contributed by atoms with van der Waals surface area (Å²) in [6, 6.07) is 14.9. The Bertz CT molecular complexity index is 630. The molecule has 0 aromatic heterocycles. The van der Waals surface area contributed by atoms with E-state index in [1.807, 2.05) is 36.4 Å². The average molecular weight is 268 g/mol. The van der Waals surface area contributed by atoms with E-state index in [1.165, 1.54) is 5.56 Å². The Morgan fingerprint density at radius 1 is 1.10 bits per heavy atom. The molecule has 2 aromatic carbocycles. The van der Waals surface area contributed by atoms with Gasteiger partial charge in [0, 0.05) is 5.56 Å². The topological polar surface area (TPSA) is 46.5 Å². The summed E-state index contributed by atoms with van der Waals surface area (Å²) in [5.41, 5.74) is 2.35. The predicted octanol–water partition coefficient (Wildman–Crippen LogP) is 3.79. The minimum absolute atomic E-state index is 0.377. The third kappa shape index (κ3) is 3.48. The molecule has 0 bridgehead atoms. The number of hydrogen-bond donors (Lipinski definition) is 1. The number of aryl methyl sites for hydroxylation is 1. The molecule has 1 aliphatic heterocycles. The third-order valence-electron chi connectivity index (χ3n) is 2.93. The summed E-state index contributed by atoms with van der Waals surface area (Å²) >= 11 is 0. The molecule has 0 unspecified atom stereocenters. The van der Waals surface area contributed by atoms with Gasteiger partial charge in [-0.05, 0) is 30.7 Å². The molecule has 3 heteroatoms. The van der Waals surface area contributed by atoms with E-state index in [2.05, 4.69) is 6.08 Å². The third-order valence-corrected chi connectivity index (χ3v) is 2.93. The van der Waals surface area contributed by atoms with E-state index in [4.69, 9.17) is 9.84 Å². The molecule has 0 spiro atoms. The summed E-state index contributed by atoms with van der Waals surface area (Å²) in [5, 5.41) is 8.57. The summed E-state index contributed by atoms with van der Waals surface area (Å²) in [6.07, 6.45) is 4.10. The molecule has 1 aliphatic rings. The number of benzene rings is 2. The Balaban J connectivity index is 0.000000147. The zero-order valence-electron chi connectivity index (χ0n) is 11.2. The first-order chi connectivity index (χ1) is 9.68. The van der Waals surface area contributed by atoms with E-state index >= 15 is 0 Å². The second-order valence-electron chi connectivity index (χ2n) is 4.37. The van der Waals surface area contributed by atoms with Crippen LogP contribution in [0, 0.1) is 6.92 Å². The normalized spacial score (nSPS) is 11.7. The lowest BCUT2D eigenvalue weighted by Crippen LogP contribution is -1.98. The maximum Gasteiger partial charge on any atom is 0.335 e. The Morgan fingerprint density at radius 3 is 2.45 bits per heavy atom. The summed E-state index contributed by atoms with van der Waals surface area (Å²) in [6.45, 7) is 2.49. The number of ether oxygens (including phenoxy) is 1. The summed E-state index contributed by atoms with van der Waals surface area (Å²) in [5.74, 6) is 0.128. The van der Waals surface area contributed by atoms with Crippen LogP contribution in [0.2, 0.25) is 0 Å². The van der Waals surface area contributed by atoms with Crippen LogP contribution in [0.25, 0.3) is 6.08 Å². The summed E-state index contributed by atoms with van der Waals surface area (Å²) in [4.78, 5) is 10.4. The fourth-order valence-electron chi connectivity index (χ4n) is 1.88. The average Bonchev–Trinajstić information content (AvgIpc) is 2.48. The fourth-order valence-corrected chi connectivity index (χ4v) is 1.88. The van der Waals surface area contributed by atoms with Gasteiger partial charge in [-0.3, -0.25) is 0 Å². The Hall–Kier alpha value is -2.55. The molecule has 0 radical (unpaired) electrons. The summed E-state index contributed by atoms with van der Waals surface area (Å²) < 4.78 is 5.34. The first-order valence-electron chi connectivity index (χ1n) is 6.36. The van der Waals surface area contributed by atoms with Crippen LogP contribution in [0.15, 0.2) is 54.6 Å². The van der Waals surface area contributed by atoms with Crippen LogP contribution < -0.4 is 4.74 Å². The predicted molar refractivity (Wildman–Crippen MR) is 79.1 cm³/mol. The van der Waals surface area contributed by atoms with Crippen molar-refractivity contribution >= 4 is 12.0 Å². The van der Waals surface area contributed by atoms with Crippen molar-refractivity contribution in [2.24, 2.45) is 0 Å². The highest BCUT2D eigenvalue weighted by molar-refractivity contribution is 5.89. The van der Waals surface area contributed by atoms with Crippen LogP contribution in [0.3, 0.4) is 0 Å². The monoisotopic (exact) mass is 268 g/mol. The molecular weight excluding hydrogens is 252 g/mol. The van der Waals surface area contributed by atoms with E-state index in [1.54, 1.807) is 25.1 Å². The smallest absolute Gasteiger partial charge is 0.335 e. The minimum atomic E-state index is -0.863. The number of carbonyl (C=O) groups is 1. The molecule has 102 valence electrons. The molecule has 0 amide bonds. The van der Waals surface area contributed by atoms with Gasteiger partial charge in [0.05, 0.1) is 5.56 Å². The SMILES string of the molecule is C1=Cc2ccccc2OC1.Cc1ccccc1C(=O)O. The molecule has 0 aliphatic carbocycles. The first-order valence-corrected chi connectivity index (χ1v) is 6.36.